The van der Waals surface area contributed by atoms with Gasteiger partial charge in [-0.3, -0.25) is 9.69 Å². The molecule has 1 aliphatic heterocycles. The molecule has 2 atom stereocenters. The van der Waals surface area contributed by atoms with E-state index in [1.54, 1.807) is 0 Å². The zero-order valence-corrected chi connectivity index (χ0v) is 13.8. The molecule has 2 nitrogen and oxygen atoms in total. The Balaban J connectivity index is 2.01. The van der Waals surface area contributed by atoms with Crippen molar-refractivity contribution in [2.75, 3.05) is 13.1 Å². The van der Waals surface area contributed by atoms with Gasteiger partial charge in [0.15, 0.2) is 5.78 Å². The highest BCUT2D eigenvalue weighted by molar-refractivity contribution is 5.89. The Bertz CT molecular complexity index is 315. The predicted molar refractivity (Wildman–Crippen MR) is 84.9 cm³/mol. The van der Waals surface area contributed by atoms with Crippen molar-refractivity contribution in [1.82, 2.24) is 4.90 Å². The van der Waals surface area contributed by atoms with Crippen LogP contribution in [-0.2, 0) is 4.79 Å². The van der Waals surface area contributed by atoms with Gasteiger partial charge in [0.2, 0.25) is 0 Å². The molecule has 2 unspecified atom stereocenters. The number of nitrogens with zero attached hydrogens (tertiary/aromatic N) is 1. The molecule has 1 saturated heterocycles. The van der Waals surface area contributed by atoms with Gasteiger partial charge in [-0.25, -0.2) is 0 Å². The number of likely N-dealkylation sites (tertiary alicyclic amines) is 1. The SMILES string of the molecule is CCC1CCCC(C(=O)C(C)(C)N2CCCCCC2)C1. The molecule has 2 heteroatoms. The minimum absolute atomic E-state index is 0.245. The van der Waals surface area contributed by atoms with Crippen molar-refractivity contribution in [3.63, 3.8) is 0 Å². The van der Waals surface area contributed by atoms with Gasteiger partial charge in [0.25, 0.3) is 0 Å². The van der Waals surface area contributed by atoms with Gasteiger partial charge in [0.05, 0.1) is 5.54 Å². The lowest BCUT2D eigenvalue weighted by Crippen LogP contribution is -2.53. The molecule has 2 aliphatic rings. The molecule has 1 saturated carbocycles. The molecule has 1 aliphatic carbocycles. The topological polar surface area (TPSA) is 20.3 Å². The van der Waals surface area contributed by atoms with Gasteiger partial charge in [-0.1, -0.05) is 39.0 Å². The largest absolute Gasteiger partial charge is 0.297 e. The summed E-state index contributed by atoms with van der Waals surface area (Å²) in [5.74, 6) is 1.64. The number of Topliss-reactive ketones (excluding diaryl/α,β-unsaturated/α-hetero) is 1. The van der Waals surface area contributed by atoms with E-state index in [1.165, 1.54) is 44.9 Å². The molecule has 0 aromatic heterocycles. The van der Waals surface area contributed by atoms with E-state index in [1.807, 2.05) is 0 Å². The third-order valence-corrected chi connectivity index (χ3v) is 5.73. The quantitative estimate of drug-likeness (QED) is 0.759. The lowest BCUT2D eigenvalue weighted by molar-refractivity contribution is -0.135. The highest BCUT2D eigenvalue weighted by atomic mass is 16.1. The van der Waals surface area contributed by atoms with Crippen molar-refractivity contribution in [3.05, 3.63) is 0 Å². The summed E-state index contributed by atoms with van der Waals surface area (Å²) in [5, 5.41) is 0. The average molecular weight is 279 g/mol. The van der Waals surface area contributed by atoms with Crippen LogP contribution >= 0.6 is 0 Å². The normalized spacial score (nSPS) is 29.9. The van der Waals surface area contributed by atoms with Crippen LogP contribution in [0.15, 0.2) is 0 Å². The van der Waals surface area contributed by atoms with Crippen LogP contribution in [0.3, 0.4) is 0 Å². The Hall–Kier alpha value is -0.370. The zero-order valence-electron chi connectivity index (χ0n) is 13.8. The maximum atomic E-state index is 13.1. The summed E-state index contributed by atoms with van der Waals surface area (Å²) in [4.78, 5) is 15.5. The van der Waals surface area contributed by atoms with E-state index in [-0.39, 0.29) is 5.54 Å². The Kier molecular flexibility index (Phi) is 5.65. The molecule has 0 N–H and O–H groups in total. The molecular formula is C18H33NO. The summed E-state index contributed by atoms with van der Waals surface area (Å²) >= 11 is 0. The van der Waals surface area contributed by atoms with E-state index in [4.69, 9.17) is 0 Å². The second-order valence-electron chi connectivity index (χ2n) is 7.46. The molecule has 0 radical (unpaired) electrons. The number of hydrogen-bond donors (Lipinski definition) is 0. The van der Waals surface area contributed by atoms with Gasteiger partial charge < -0.3 is 0 Å². The van der Waals surface area contributed by atoms with Crippen molar-refractivity contribution in [2.24, 2.45) is 11.8 Å². The van der Waals surface area contributed by atoms with E-state index in [0.717, 1.165) is 31.8 Å². The van der Waals surface area contributed by atoms with Gasteiger partial charge in [0.1, 0.15) is 0 Å². The molecule has 2 fully saturated rings. The summed E-state index contributed by atoms with van der Waals surface area (Å²) in [6.07, 6.45) is 11.3. The molecular weight excluding hydrogens is 246 g/mol. The maximum Gasteiger partial charge on any atom is 0.155 e. The first-order valence-corrected chi connectivity index (χ1v) is 8.85. The van der Waals surface area contributed by atoms with Crippen molar-refractivity contribution in [2.45, 2.75) is 84.1 Å². The summed E-state index contributed by atoms with van der Waals surface area (Å²) in [7, 11) is 0. The molecule has 2 rings (SSSR count). The van der Waals surface area contributed by atoms with E-state index in [0.29, 0.717) is 11.7 Å². The second kappa shape index (κ2) is 7.06. The van der Waals surface area contributed by atoms with Crippen LogP contribution in [0.25, 0.3) is 0 Å². The standard InChI is InChI=1S/C18H33NO/c1-4-15-10-9-11-16(14-15)17(20)18(2,3)19-12-7-5-6-8-13-19/h15-16H,4-14H2,1-3H3. The molecule has 1 heterocycles. The van der Waals surface area contributed by atoms with Crippen molar-refractivity contribution < 1.29 is 4.79 Å². The monoisotopic (exact) mass is 279 g/mol. The number of hydrogen-bond acceptors (Lipinski definition) is 2. The van der Waals surface area contributed by atoms with Gasteiger partial charge >= 0.3 is 0 Å². The number of carbonyl (C=O) groups is 1. The number of rotatable bonds is 4. The molecule has 0 spiro atoms. The van der Waals surface area contributed by atoms with Gasteiger partial charge in [-0.05, 0) is 58.5 Å². The Morgan fingerprint density at radius 1 is 1.05 bits per heavy atom. The van der Waals surface area contributed by atoms with Crippen LogP contribution in [0.4, 0.5) is 0 Å². The molecule has 20 heavy (non-hydrogen) atoms. The smallest absolute Gasteiger partial charge is 0.155 e. The van der Waals surface area contributed by atoms with Crippen molar-refractivity contribution >= 4 is 5.78 Å². The fourth-order valence-corrected chi connectivity index (χ4v) is 4.18. The summed E-state index contributed by atoms with van der Waals surface area (Å²) in [6.45, 7) is 8.86. The third-order valence-electron chi connectivity index (χ3n) is 5.73. The second-order valence-corrected chi connectivity index (χ2v) is 7.46. The van der Waals surface area contributed by atoms with E-state index in [2.05, 4.69) is 25.7 Å². The van der Waals surface area contributed by atoms with Gasteiger partial charge in [0, 0.05) is 5.92 Å². The van der Waals surface area contributed by atoms with Crippen LogP contribution in [0.1, 0.15) is 78.6 Å². The first kappa shape index (κ1) is 16.0. The van der Waals surface area contributed by atoms with Crippen LogP contribution in [0, 0.1) is 11.8 Å². The Labute approximate surface area is 125 Å². The lowest BCUT2D eigenvalue weighted by Gasteiger charge is -2.40. The van der Waals surface area contributed by atoms with E-state index >= 15 is 0 Å². The van der Waals surface area contributed by atoms with E-state index < -0.39 is 0 Å². The van der Waals surface area contributed by atoms with Crippen molar-refractivity contribution in [1.29, 1.82) is 0 Å². The fourth-order valence-electron chi connectivity index (χ4n) is 4.18. The van der Waals surface area contributed by atoms with E-state index in [9.17, 15) is 4.79 Å². The minimum atomic E-state index is -0.245. The van der Waals surface area contributed by atoms with Crippen LogP contribution < -0.4 is 0 Å². The first-order chi connectivity index (χ1) is 9.55. The average Bonchev–Trinajstić information content (AvgIpc) is 2.76. The molecule has 116 valence electrons. The summed E-state index contributed by atoms with van der Waals surface area (Å²) < 4.78 is 0. The summed E-state index contributed by atoms with van der Waals surface area (Å²) in [5.41, 5.74) is -0.245. The first-order valence-electron chi connectivity index (χ1n) is 8.85. The molecule has 0 amide bonds. The number of ketones is 1. The Morgan fingerprint density at radius 3 is 2.30 bits per heavy atom. The van der Waals surface area contributed by atoms with Gasteiger partial charge in [-0.15, -0.1) is 0 Å². The zero-order chi connectivity index (χ0) is 14.6. The molecule has 0 bridgehead atoms. The summed E-state index contributed by atoms with van der Waals surface area (Å²) in [6, 6.07) is 0. The van der Waals surface area contributed by atoms with Crippen molar-refractivity contribution in [3.8, 4) is 0 Å². The van der Waals surface area contributed by atoms with Crippen LogP contribution in [-0.4, -0.2) is 29.3 Å². The predicted octanol–water partition coefficient (Wildman–Crippen LogP) is 4.43. The van der Waals surface area contributed by atoms with Gasteiger partial charge in [-0.2, -0.15) is 0 Å². The maximum absolute atomic E-state index is 13.1. The van der Waals surface area contributed by atoms with Crippen LogP contribution in [0.5, 0.6) is 0 Å². The Morgan fingerprint density at radius 2 is 1.70 bits per heavy atom. The number of carbonyl (C=O) groups excluding carboxylic acids is 1. The third kappa shape index (κ3) is 3.63. The minimum Gasteiger partial charge on any atom is -0.297 e. The lowest BCUT2D eigenvalue weighted by atomic mass is 9.74. The highest BCUT2D eigenvalue weighted by Gasteiger charge is 2.39. The van der Waals surface area contributed by atoms with Crippen LogP contribution in [0.2, 0.25) is 0 Å². The molecule has 0 aromatic carbocycles. The fraction of sp³-hybridized carbons (Fsp3) is 0.944. The molecule has 0 aromatic rings. The highest BCUT2D eigenvalue weighted by Crippen LogP contribution is 2.35.